The highest BCUT2D eigenvalue weighted by Crippen LogP contribution is 2.43. The van der Waals surface area contributed by atoms with Crippen LogP contribution in [0.3, 0.4) is 0 Å². The predicted molar refractivity (Wildman–Crippen MR) is 130 cm³/mol. The average Bonchev–Trinajstić information content (AvgIpc) is 3.53. The van der Waals surface area contributed by atoms with Crippen molar-refractivity contribution in [2.75, 3.05) is 5.32 Å². The Balaban J connectivity index is 1.37. The smallest absolute Gasteiger partial charge is 0.246 e. The molecule has 0 aliphatic heterocycles. The molecule has 0 radical (unpaired) electrons. The summed E-state index contributed by atoms with van der Waals surface area (Å²) in [6, 6.07) is 7.49. The number of hydrogen-bond donors (Lipinski definition) is 1. The first-order chi connectivity index (χ1) is 15.8. The van der Waals surface area contributed by atoms with Gasteiger partial charge in [0.15, 0.2) is 5.65 Å². The number of anilines is 1. The first-order valence-electron chi connectivity index (χ1n) is 10.9. The summed E-state index contributed by atoms with van der Waals surface area (Å²) in [5.41, 5.74) is 5.97. The Morgan fingerprint density at radius 2 is 1.76 bits per heavy atom. The number of carbonyl (C=O) groups is 1. The monoisotopic (exact) mass is 482 g/mol. The molecule has 0 unspecified atom stereocenters. The van der Waals surface area contributed by atoms with Gasteiger partial charge in [-0.2, -0.15) is 10.2 Å². The minimum Gasteiger partial charge on any atom is -0.321 e. The van der Waals surface area contributed by atoms with Crippen molar-refractivity contribution in [1.82, 2.24) is 24.5 Å². The lowest BCUT2D eigenvalue weighted by Crippen LogP contribution is -2.20. The zero-order valence-electron chi connectivity index (χ0n) is 18.7. The summed E-state index contributed by atoms with van der Waals surface area (Å²) < 4.78 is 3.49. The Morgan fingerprint density at radius 3 is 2.45 bits per heavy atom. The second-order valence-electron chi connectivity index (χ2n) is 8.57. The second kappa shape index (κ2) is 8.47. The van der Waals surface area contributed by atoms with E-state index in [1.54, 1.807) is 21.5 Å². The molecule has 1 aliphatic carbocycles. The Bertz CT molecular complexity index is 1370. The molecule has 170 valence electrons. The molecule has 5 rings (SSSR count). The van der Waals surface area contributed by atoms with Gasteiger partial charge in [-0.3, -0.25) is 9.48 Å². The molecule has 0 bridgehead atoms. The van der Waals surface area contributed by atoms with E-state index in [0.717, 1.165) is 33.7 Å². The van der Waals surface area contributed by atoms with Crippen LogP contribution >= 0.6 is 23.2 Å². The first kappa shape index (κ1) is 21.9. The number of hydrogen-bond acceptors (Lipinski definition) is 4. The van der Waals surface area contributed by atoms with E-state index in [1.165, 1.54) is 18.4 Å². The van der Waals surface area contributed by atoms with E-state index in [4.69, 9.17) is 23.2 Å². The van der Waals surface area contributed by atoms with Crippen LogP contribution in [0.1, 0.15) is 47.0 Å². The number of rotatable bonds is 6. The van der Waals surface area contributed by atoms with Crippen LogP contribution in [0, 0.1) is 20.8 Å². The lowest BCUT2D eigenvalue weighted by atomic mass is 10.1. The van der Waals surface area contributed by atoms with Gasteiger partial charge in [-0.15, -0.1) is 0 Å². The normalized spacial score (nSPS) is 13.6. The highest BCUT2D eigenvalue weighted by atomic mass is 35.5. The fourth-order valence-corrected chi connectivity index (χ4v) is 4.85. The molecule has 1 aromatic carbocycles. The zero-order valence-corrected chi connectivity index (χ0v) is 20.2. The molecule has 33 heavy (non-hydrogen) atoms. The second-order valence-corrected chi connectivity index (χ2v) is 9.38. The van der Waals surface area contributed by atoms with E-state index in [0.29, 0.717) is 28.2 Å². The molecule has 0 saturated heterocycles. The molecule has 1 N–H and O–H groups in total. The molecule has 1 fully saturated rings. The van der Waals surface area contributed by atoms with Crippen molar-refractivity contribution < 1.29 is 4.79 Å². The summed E-state index contributed by atoms with van der Waals surface area (Å²) in [6.07, 6.45) is 4.21. The summed E-state index contributed by atoms with van der Waals surface area (Å²) in [4.78, 5) is 17.5. The highest BCUT2D eigenvalue weighted by Gasteiger charge is 2.28. The third-order valence-electron chi connectivity index (χ3n) is 6.17. The first-order valence-corrected chi connectivity index (χ1v) is 11.7. The topological polar surface area (TPSA) is 77.6 Å². The van der Waals surface area contributed by atoms with Gasteiger partial charge in [0.2, 0.25) is 5.91 Å². The number of halogens is 2. The van der Waals surface area contributed by atoms with Crippen molar-refractivity contribution in [3.8, 4) is 0 Å². The molecule has 1 aliphatic rings. The van der Waals surface area contributed by atoms with Crippen molar-refractivity contribution in [1.29, 1.82) is 0 Å². The van der Waals surface area contributed by atoms with Gasteiger partial charge in [-0.05, 0) is 63.3 Å². The van der Waals surface area contributed by atoms with Crippen LogP contribution in [0.15, 0.2) is 30.5 Å². The van der Waals surface area contributed by atoms with Gasteiger partial charge in [-0.25, -0.2) is 9.67 Å². The Morgan fingerprint density at radius 1 is 1.06 bits per heavy atom. The van der Waals surface area contributed by atoms with E-state index in [1.807, 2.05) is 33.0 Å². The van der Waals surface area contributed by atoms with Gasteiger partial charge in [0.05, 0.1) is 29.3 Å². The van der Waals surface area contributed by atoms with E-state index in [9.17, 15) is 4.79 Å². The maximum atomic E-state index is 13.0. The van der Waals surface area contributed by atoms with Crippen LogP contribution in [0.25, 0.3) is 11.0 Å². The quantitative estimate of drug-likeness (QED) is 0.397. The summed E-state index contributed by atoms with van der Waals surface area (Å²) in [6.45, 7) is 6.24. The number of aromatic nitrogens is 5. The van der Waals surface area contributed by atoms with Gasteiger partial charge >= 0.3 is 0 Å². The molecular formula is C24H24Cl2N6O. The molecule has 1 saturated carbocycles. The molecule has 0 spiro atoms. The lowest BCUT2D eigenvalue weighted by molar-refractivity contribution is -0.116. The van der Waals surface area contributed by atoms with E-state index in [2.05, 4.69) is 26.6 Å². The predicted octanol–water partition coefficient (Wildman–Crippen LogP) is 5.42. The van der Waals surface area contributed by atoms with Gasteiger partial charge < -0.3 is 5.32 Å². The maximum Gasteiger partial charge on any atom is 0.246 e. The Hall–Kier alpha value is -2.90. The van der Waals surface area contributed by atoms with E-state index in [-0.39, 0.29) is 12.5 Å². The molecule has 0 atom stereocenters. The van der Waals surface area contributed by atoms with E-state index < -0.39 is 0 Å². The van der Waals surface area contributed by atoms with Crippen molar-refractivity contribution in [2.45, 2.75) is 52.6 Å². The molecule has 4 aromatic rings. The number of amides is 1. The fraction of sp³-hybridized carbons (Fsp3) is 0.333. The number of carbonyl (C=O) groups excluding carboxylic acids is 1. The standard InChI is InChI=1S/C24H24Cl2N6O/c1-13-22-17(16-7-8-16)9-10-27-24(22)32(29-13)12-21(33)28-23-14(2)30-31(15(23)3)11-18-19(25)5-4-6-20(18)26/h4-6,9-10,16H,7-8,11-12H2,1-3H3,(H,28,33). The van der Waals surface area contributed by atoms with Crippen LogP contribution < -0.4 is 5.32 Å². The van der Waals surface area contributed by atoms with Crippen LogP contribution in [-0.2, 0) is 17.9 Å². The molecular weight excluding hydrogens is 459 g/mol. The molecule has 3 aromatic heterocycles. The van der Waals surface area contributed by atoms with E-state index >= 15 is 0 Å². The minimum absolute atomic E-state index is 0.0753. The van der Waals surface area contributed by atoms with Crippen molar-refractivity contribution in [2.24, 2.45) is 0 Å². The summed E-state index contributed by atoms with van der Waals surface area (Å²) in [7, 11) is 0. The largest absolute Gasteiger partial charge is 0.321 e. The molecule has 3 heterocycles. The molecule has 9 heteroatoms. The highest BCUT2D eigenvalue weighted by molar-refractivity contribution is 6.36. The van der Waals surface area contributed by atoms with Gasteiger partial charge in [0.1, 0.15) is 6.54 Å². The lowest BCUT2D eigenvalue weighted by Gasteiger charge is -2.10. The van der Waals surface area contributed by atoms with Gasteiger partial charge in [0.25, 0.3) is 0 Å². The maximum absolute atomic E-state index is 13.0. The van der Waals surface area contributed by atoms with Crippen LogP contribution in [0.4, 0.5) is 5.69 Å². The zero-order chi connectivity index (χ0) is 23.3. The fourth-order valence-electron chi connectivity index (χ4n) is 4.33. The molecule has 7 nitrogen and oxygen atoms in total. The third kappa shape index (κ3) is 4.11. The number of nitrogens with zero attached hydrogens (tertiary/aromatic N) is 5. The van der Waals surface area contributed by atoms with Crippen molar-refractivity contribution in [3.05, 3.63) is 68.7 Å². The minimum atomic E-state index is -0.181. The Kier molecular flexibility index (Phi) is 5.62. The molecule has 1 amide bonds. The van der Waals surface area contributed by atoms with Crippen molar-refractivity contribution >= 4 is 45.8 Å². The summed E-state index contributed by atoms with van der Waals surface area (Å²) in [5.74, 6) is 0.406. The summed E-state index contributed by atoms with van der Waals surface area (Å²) >= 11 is 12.7. The number of nitrogens with one attached hydrogen (secondary N) is 1. The van der Waals surface area contributed by atoms with Crippen LogP contribution in [0.2, 0.25) is 10.0 Å². The number of pyridine rings is 1. The third-order valence-corrected chi connectivity index (χ3v) is 6.87. The van der Waals surface area contributed by atoms with Gasteiger partial charge in [-0.1, -0.05) is 29.3 Å². The Labute approximate surface area is 201 Å². The SMILES string of the molecule is Cc1nn(Cc2c(Cl)cccc2Cl)c(C)c1NC(=O)Cn1nc(C)c2c(C3CC3)ccnc21. The van der Waals surface area contributed by atoms with Crippen LogP contribution in [0.5, 0.6) is 0 Å². The van der Waals surface area contributed by atoms with Crippen molar-refractivity contribution in [3.63, 3.8) is 0 Å². The number of aryl methyl sites for hydroxylation is 2. The average molecular weight is 483 g/mol. The van der Waals surface area contributed by atoms with Gasteiger partial charge in [0, 0.05) is 27.2 Å². The number of benzene rings is 1. The number of fused-ring (bicyclic) bond motifs is 1. The summed E-state index contributed by atoms with van der Waals surface area (Å²) in [5, 5.41) is 14.4. The van der Waals surface area contributed by atoms with Crippen LogP contribution in [-0.4, -0.2) is 30.5 Å².